The number of rotatable bonds is 2. The molecule has 19 heavy (non-hydrogen) atoms. The van der Waals surface area contributed by atoms with Crippen LogP contribution in [0.1, 0.15) is 49.2 Å². The minimum Gasteiger partial charge on any atom is -0.364 e. The van der Waals surface area contributed by atoms with Crippen molar-refractivity contribution >= 4 is 5.91 Å². The summed E-state index contributed by atoms with van der Waals surface area (Å²) in [5, 5.41) is 2.99. The summed E-state index contributed by atoms with van der Waals surface area (Å²) in [7, 11) is 0. The maximum atomic E-state index is 12.1. The van der Waals surface area contributed by atoms with E-state index in [2.05, 4.69) is 24.1 Å². The Kier molecular flexibility index (Phi) is 4.08. The predicted molar refractivity (Wildman–Crippen MR) is 75.2 cm³/mol. The van der Waals surface area contributed by atoms with Gasteiger partial charge in [0.05, 0.1) is 0 Å². The molecule has 1 amide bonds. The van der Waals surface area contributed by atoms with Gasteiger partial charge in [-0.25, -0.2) is 0 Å². The lowest BCUT2D eigenvalue weighted by atomic mass is 9.79. The molecule has 1 saturated carbocycles. The molecule has 3 atom stereocenters. The summed E-state index contributed by atoms with van der Waals surface area (Å²) < 4.78 is 0. The van der Waals surface area contributed by atoms with Crippen LogP contribution in [-0.4, -0.2) is 16.9 Å². The molecule has 104 valence electrons. The van der Waals surface area contributed by atoms with Crippen molar-refractivity contribution in [3.05, 3.63) is 33.7 Å². The van der Waals surface area contributed by atoms with E-state index in [9.17, 15) is 9.59 Å². The number of amides is 1. The van der Waals surface area contributed by atoms with Crippen LogP contribution >= 0.6 is 0 Å². The molecule has 0 aromatic carbocycles. The highest BCUT2D eigenvalue weighted by atomic mass is 16.2. The average Bonchev–Trinajstić information content (AvgIpc) is 2.33. The van der Waals surface area contributed by atoms with Crippen LogP contribution < -0.4 is 10.7 Å². The lowest BCUT2D eigenvalue weighted by Crippen LogP contribution is -2.41. The number of carbonyl (C=O) groups excluding carboxylic acids is 1. The van der Waals surface area contributed by atoms with E-state index in [4.69, 9.17) is 0 Å². The zero-order chi connectivity index (χ0) is 14.0. The monoisotopic (exact) mass is 262 g/mol. The molecular weight excluding hydrogens is 240 g/mol. The number of hydrogen-bond donors (Lipinski definition) is 2. The van der Waals surface area contributed by atoms with Gasteiger partial charge in [-0.15, -0.1) is 0 Å². The van der Waals surface area contributed by atoms with Crippen LogP contribution in [0, 0.1) is 18.8 Å². The fourth-order valence-corrected chi connectivity index (χ4v) is 2.69. The number of carbonyl (C=O) groups is 1. The largest absolute Gasteiger partial charge is 0.364 e. The lowest BCUT2D eigenvalue weighted by Gasteiger charge is -2.32. The molecule has 4 nitrogen and oxygen atoms in total. The molecular formula is C15H22N2O2. The second kappa shape index (κ2) is 5.59. The fraction of sp³-hybridized carbons (Fsp3) is 0.600. The van der Waals surface area contributed by atoms with Crippen LogP contribution in [0.15, 0.2) is 17.1 Å². The number of hydrogen-bond acceptors (Lipinski definition) is 2. The van der Waals surface area contributed by atoms with Gasteiger partial charge in [-0.05, 0) is 38.0 Å². The summed E-state index contributed by atoms with van der Waals surface area (Å²) in [6, 6.07) is 1.65. The van der Waals surface area contributed by atoms with E-state index in [1.165, 1.54) is 12.3 Å². The van der Waals surface area contributed by atoms with Crippen LogP contribution in [0.25, 0.3) is 0 Å². The summed E-state index contributed by atoms with van der Waals surface area (Å²) >= 11 is 0. The van der Waals surface area contributed by atoms with Gasteiger partial charge in [0.1, 0.15) is 5.56 Å². The third-order valence-corrected chi connectivity index (χ3v) is 4.24. The molecule has 1 aromatic heterocycles. The Morgan fingerprint density at radius 2 is 2.05 bits per heavy atom. The molecule has 1 aromatic rings. The third kappa shape index (κ3) is 3.25. The van der Waals surface area contributed by atoms with Gasteiger partial charge in [-0.1, -0.05) is 13.8 Å². The molecule has 1 aliphatic carbocycles. The summed E-state index contributed by atoms with van der Waals surface area (Å²) in [6.07, 6.45) is 4.63. The number of nitrogens with one attached hydrogen (secondary N) is 2. The second-order valence-electron chi connectivity index (χ2n) is 5.83. The highest BCUT2D eigenvalue weighted by Crippen LogP contribution is 2.29. The summed E-state index contributed by atoms with van der Waals surface area (Å²) in [4.78, 5) is 26.8. The predicted octanol–water partition coefficient (Wildman–Crippen LogP) is 2.24. The normalized spacial score (nSPS) is 27.0. The lowest BCUT2D eigenvalue weighted by molar-refractivity contribution is 0.0909. The van der Waals surface area contributed by atoms with Crippen LogP contribution in [0.2, 0.25) is 0 Å². The van der Waals surface area contributed by atoms with E-state index < -0.39 is 0 Å². The average molecular weight is 262 g/mol. The van der Waals surface area contributed by atoms with E-state index in [1.807, 2.05) is 0 Å². The Hall–Kier alpha value is -1.58. The Labute approximate surface area is 113 Å². The number of aryl methyl sites for hydroxylation is 1. The topological polar surface area (TPSA) is 62.0 Å². The Morgan fingerprint density at radius 1 is 1.32 bits per heavy atom. The van der Waals surface area contributed by atoms with E-state index in [0.717, 1.165) is 30.9 Å². The van der Waals surface area contributed by atoms with Crippen LogP contribution in [0.3, 0.4) is 0 Å². The Balaban J connectivity index is 2.03. The molecule has 2 rings (SSSR count). The van der Waals surface area contributed by atoms with Crippen molar-refractivity contribution in [3.63, 3.8) is 0 Å². The molecule has 0 radical (unpaired) electrons. The molecule has 0 spiro atoms. The standard InChI is InChI=1S/C15H22N2O2/c1-9-4-5-12(6-10(9)2)17-15(19)13-8-16-11(3)7-14(13)18/h7-10,12H,4-6H2,1-3H3,(H,16,18)(H,17,19). The quantitative estimate of drug-likeness (QED) is 0.858. The molecule has 2 N–H and O–H groups in total. The first-order valence-corrected chi connectivity index (χ1v) is 6.97. The number of aromatic amines is 1. The van der Waals surface area contributed by atoms with Crippen molar-refractivity contribution in [2.45, 2.75) is 46.1 Å². The molecule has 4 heteroatoms. The Bertz CT molecular complexity index is 521. The van der Waals surface area contributed by atoms with Crippen molar-refractivity contribution in [2.24, 2.45) is 11.8 Å². The molecule has 1 aliphatic rings. The van der Waals surface area contributed by atoms with Crippen molar-refractivity contribution in [2.75, 3.05) is 0 Å². The summed E-state index contributed by atoms with van der Waals surface area (Å²) in [6.45, 7) is 6.28. The fourth-order valence-electron chi connectivity index (χ4n) is 2.69. The van der Waals surface area contributed by atoms with Crippen LogP contribution in [0.5, 0.6) is 0 Å². The van der Waals surface area contributed by atoms with E-state index in [-0.39, 0.29) is 22.9 Å². The summed E-state index contributed by atoms with van der Waals surface area (Å²) in [5.74, 6) is 1.08. The van der Waals surface area contributed by atoms with Gasteiger partial charge >= 0.3 is 0 Å². The van der Waals surface area contributed by atoms with Crippen molar-refractivity contribution in [1.29, 1.82) is 0 Å². The minimum absolute atomic E-state index is 0.194. The van der Waals surface area contributed by atoms with Gasteiger partial charge in [0.15, 0.2) is 5.43 Å². The number of aromatic nitrogens is 1. The zero-order valence-corrected chi connectivity index (χ0v) is 11.8. The zero-order valence-electron chi connectivity index (χ0n) is 11.8. The van der Waals surface area contributed by atoms with Gasteiger partial charge in [0.2, 0.25) is 0 Å². The van der Waals surface area contributed by atoms with E-state index >= 15 is 0 Å². The highest BCUT2D eigenvalue weighted by molar-refractivity contribution is 5.93. The van der Waals surface area contributed by atoms with E-state index in [0.29, 0.717) is 5.92 Å². The first kappa shape index (κ1) is 13.8. The number of pyridine rings is 1. The van der Waals surface area contributed by atoms with Gasteiger partial charge in [-0.2, -0.15) is 0 Å². The smallest absolute Gasteiger partial charge is 0.256 e. The third-order valence-electron chi connectivity index (χ3n) is 4.24. The van der Waals surface area contributed by atoms with Gasteiger partial charge in [0.25, 0.3) is 5.91 Å². The van der Waals surface area contributed by atoms with Gasteiger partial charge in [0, 0.05) is 24.0 Å². The van der Waals surface area contributed by atoms with Crippen molar-refractivity contribution < 1.29 is 4.79 Å². The van der Waals surface area contributed by atoms with Crippen molar-refractivity contribution in [1.82, 2.24) is 10.3 Å². The molecule has 0 aliphatic heterocycles. The number of H-pyrrole nitrogens is 1. The molecule has 0 bridgehead atoms. The first-order chi connectivity index (χ1) is 8.97. The molecule has 0 saturated heterocycles. The van der Waals surface area contributed by atoms with Crippen LogP contribution in [-0.2, 0) is 0 Å². The van der Waals surface area contributed by atoms with Crippen molar-refractivity contribution in [3.8, 4) is 0 Å². The summed E-state index contributed by atoms with van der Waals surface area (Å²) in [5.41, 5.74) is 0.754. The molecule has 1 fully saturated rings. The maximum absolute atomic E-state index is 12.1. The molecule has 3 unspecified atom stereocenters. The SMILES string of the molecule is Cc1cc(=O)c(C(=O)NC2CCC(C)C(C)C2)c[nH]1. The maximum Gasteiger partial charge on any atom is 0.256 e. The first-order valence-electron chi connectivity index (χ1n) is 6.97. The second-order valence-corrected chi connectivity index (χ2v) is 5.83. The van der Waals surface area contributed by atoms with Gasteiger partial charge < -0.3 is 10.3 Å². The van der Waals surface area contributed by atoms with E-state index in [1.54, 1.807) is 6.92 Å². The van der Waals surface area contributed by atoms with Crippen LogP contribution in [0.4, 0.5) is 0 Å². The Morgan fingerprint density at radius 3 is 2.68 bits per heavy atom. The molecule has 1 heterocycles. The highest BCUT2D eigenvalue weighted by Gasteiger charge is 2.26. The van der Waals surface area contributed by atoms with Gasteiger partial charge in [-0.3, -0.25) is 9.59 Å². The minimum atomic E-state index is -0.256.